The van der Waals surface area contributed by atoms with E-state index in [-0.39, 0.29) is 16.4 Å². The predicted octanol–water partition coefficient (Wildman–Crippen LogP) is 2.05. The van der Waals surface area contributed by atoms with Crippen LogP contribution in [0.15, 0.2) is 58.3 Å². The average Bonchev–Trinajstić information content (AvgIpc) is 2.64. The first-order valence-electron chi connectivity index (χ1n) is 8.57. The summed E-state index contributed by atoms with van der Waals surface area (Å²) in [5.74, 6) is 0. The van der Waals surface area contributed by atoms with Gasteiger partial charge in [-0.05, 0) is 48.4 Å². The number of aliphatic hydroxyl groups excluding tert-OH is 1. The first-order chi connectivity index (χ1) is 12.7. The lowest BCUT2D eigenvalue weighted by Crippen LogP contribution is -2.30. The maximum absolute atomic E-state index is 12.5. The van der Waals surface area contributed by atoms with E-state index in [1.54, 1.807) is 38.1 Å². The summed E-state index contributed by atoms with van der Waals surface area (Å²) in [4.78, 5) is 0.0268. The molecule has 2 N–H and O–H groups in total. The Labute approximate surface area is 160 Å². The van der Waals surface area contributed by atoms with Crippen LogP contribution in [0.5, 0.6) is 0 Å². The van der Waals surface area contributed by atoms with E-state index in [1.165, 1.54) is 28.6 Å². The molecular formula is C18H24N2O5S2. The highest BCUT2D eigenvalue weighted by atomic mass is 32.2. The molecule has 0 saturated heterocycles. The molecule has 2 rings (SSSR count). The minimum Gasteiger partial charge on any atom is -0.396 e. The monoisotopic (exact) mass is 412 g/mol. The molecule has 0 spiro atoms. The molecule has 148 valence electrons. The van der Waals surface area contributed by atoms with E-state index >= 15 is 0 Å². The number of anilines is 1. The Balaban J connectivity index is 2.22. The zero-order valence-electron chi connectivity index (χ0n) is 15.3. The van der Waals surface area contributed by atoms with Crippen LogP contribution in [0.25, 0.3) is 0 Å². The number of nitrogens with zero attached hydrogens (tertiary/aromatic N) is 1. The molecule has 0 aromatic heterocycles. The zero-order valence-corrected chi connectivity index (χ0v) is 16.9. The second-order valence-electron chi connectivity index (χ2n) is 5.84. The lowest BCUT2D eigenvalue weighted by atomic mass is 10.1. The maximum Gasteiger partial charge on any atom is 0.261 e. The summed E-state index contributed by atoms with van der Waals surface area (Å²) >= 11 is 0. The number of benzene rings is 2. The first kappa shape index (κ1) is 21.4. The summed E-state index contributed by atoms with van der Waals surface area (Å²) in [5, 5.41) is 8.91. The fourth-order valence-corrected chi connectivity index (χ4v) is 5.10. The Hall–Kier alpha value is -1.94. The molecule has 0 heterocycles. The van der Waals surface area contributed by atoms with Gasteiger partial charge >= 0.3 is 0 Å². The van der Waals surface area contributed by atoms with Crippen molar-refractivity contribution in [3.8, 4) is 0 Å². The van der Waals surface area contributed by atoms with Crippen LogP contribution in [-0.2, 0) is 26.5 Å². The number of nitrogens with one attached hydrogen (secondary N) is 1. The highest BCUT2D eigenvalue weighted by Gasteiger charge is 2.22. The maximum atomic E-state index is 12.5. The first-order valence-corrected chi connectivity index (χ1v) is 11.5. The van der Waals surface area contributed by atoms with Gasteiger partial charge in [-0.2, -0.15) is 4.31 Å². The van der Waals surface area contributed by atoms with Crippen LogP contribution in [0.2, 0.25) is 0 Å². The molecule has 0 saturated carbocycles. The quantitative estimate of drug-likeness (QED) is 0.656. The molecule has 0 fully saturated rings. The molecule has 27 heavy (non-hydrogen) atoms. The molecule has 0 bridgehead atoms. The van der Waals surface area contributed by atoms with Crippen LogP contribution in [-0.4, -0.2) is 45.9 Å². The SMILES string of the molecule is CCN(CC)S(=O)(=O)c1ccc(S(=O)(=O)Nc2ccc(CCO)cc2)cc1. The number of hydrogen-bond donors (Lipinski definition) is 2. The van der Waals surface area contributed by atoms with Crippen molar-refractivity contribution in [1.29, 1.82) is 0 Å². The van der Waals surface area contributed by atoms with E-state index in [1.807, 2.05) is 0 Å². The topological polar surface area (TPSA) is 104 Å². The predicted molar refractivity (Wildman–Crippen MR) is 105 cm³/mol. The normalized spacial score (nSPS) is 12.3. The van der Waals surface area contributed by atoms with Gasteiger partial charge in [0.15, 0.2) is 0 Å². The molecular weight excluding hydrogens is 388 g/mol. The fraction of sp³-hybridized carbons (Fsp3) is 0.333. The van der Waals surface area contributed by atoms with Gasteiger partial charge in [0.2, 0.25) is 10.0 Å². The van der Waals surface area contributed by atoms with Gasteiger partial charge in [-0.25, -0.2) is 16.8 Å². The van der Waals surface area contributed by atoms with Gasteiger partial charge in [-0.15, -0.1) is 0 Å². The average molecular weight is 413 g/mol. The number of hydrogen-bond acceptors (Lipinski definition) is 5. The second kappa shape index (κ2) is 8.83. The van der Waals surface area contributed by atoms with Gasteiger partial charge in [0.25, 0.3) is 10.0 Å². The van der Waals surface area contributed by atoms with E-state index < -0.39 is 20.0 Å². The van der Waals surface area contributed by atoms with Crippen molar-refractivity contribution < 1.29 is 21.9 Å². The summed E-state index contributed by atoms with van der Waals surface area (Å²) in [7, 11) is -7.47. The third-order valence-electron chi connectivity index (χ3n) is 4.08. The van der Waals surface area contributed by atoms with Crippen LogP contribution in [0.3, 0.4) is 0 Å². The van der Waals surface area contributed by atoms with Crippen LogP contribution in [0.4, 0.5) is 5.69 Å². The van der Waals surface area contributed by atoms with Gasteiger partial charge in [-0.3, -0.25) is 4.72 Å². The fourth-order valence-electron chi connectivity index (χ4n) is 2.59. The minimum absolute atomic E-state index is 0.0216. The van der Waals surface area contributed by atoms with Crippen molar-refractivity contribution in [2.45, 2.75) is 30.1 Å². The molecule has 0 aliphatic heterocycles. The number of sulfonamides is 2. The Kier molecular flexibility index (Phi) is 6.99. The van der Waals surface area contributed by atoms with Gasteiger partial charge in [0, 0.05) is 25.4 Å². The van der Waals surface area contributed by atoms with Crippen molar-refractivity contribution in [1.82, 2.24) is 4.31 Å². The third-order valence-corrected chi connectivity index (χ3v) is 7.55. The third kappa shape index (κ3) is 5.07. The van der Waals surface area contributed by atoms with Gasteiger partial charge in [0.1, 0.15) is 0 Å². The Bertz CT molecular complexity index is 950. The van der Waals surface area contributed by atoms with Crippen molar-refractivity contribution in [2.75, 3.05) is 24.4 Å². The highest BCUT2D eigenvalue weighted by Crippen LogP contribution is 2.21. The van der Waals surface area contributed by atoms with E-state index in [9.17, 15) is 16.8 Å². The summed E-state index contributed by atoms with van der Waals surface area (Å²) in [6.45, 7) is 4.19. The van der Waals surface area contributed by atoms with Crippen LogP contribution in [0, 0.1) is 0 Å². The van der Waals surface area contributed by atoms with Crippen molar-refractivity contribution in [3.63, 3.8) is 0 Å². The Morgan fingerprint density at radius 2 is 1.37 bits per heavy atom. The molecule has 2 aromatic carbocycles. The van der Waals surface area contributed by atoms with Crippen molar-refractivity contribution >= 4 is 25.7 Å². The Morgan fingerprint density at radius 3 is 1.85 bits per heavy atom. The van der Waals surface area contributed by atoms with Crippen molar-refractivity contribution in [2.24, 2.45) is 0 Å². The van der Waals surface area contributed by atoms with Gasteiger partial charge in [0.05, 0.1) is 9.79 Å². The highest BCUT2D eigenvalue weighted by molar-refractivity contribution is 7.92. The summed E-state index contributed by atoms with van der Waals surface area (Å²) in [5.41, 5.74) is 1.28. The Morgan fingerprint density at radius 1 is 0.852 bits per heavy atom. The van der Waals surface area contributed by atoms with E-state index in [2.05, 4.69) is 4.72 Å². The summed E-state index contributed by atoms with van der Waals surface area (Å²) < 4.78 is 53.7. The smallest absolute Gasteiger partial charge is 0.261 e. The summed E-state index contributed by atoms with van der Waals surface area (Å²) in [6.07, 6.45) is 0.496. The number of rotatable bonds is 9. The van der Waals surface area contributed by atoms with Crippen LogP contribution < -0.4 is 4.72 Å². The van der Waals surface area contributed by atoms with Gasteiger partial charge in [-0.1, -0.05) is 26.0 Å². The molecule has 9 heteroatoms. The van der Waals surface area contributed by atoms with Crippen LogP contribution >= 0.6 is 0 Å². The zero-order chi connectivity index (χ0) is 20.1. The lowest BCUT2D eigenvalue weighted by Gasteiger charge is -2.18. The molecule has 7 nitrogen and oxygen atoms in total. The molecule has 0 unspecified atom stereocenters. The largest absolute Gasteiger partial charge is 0.396 e. The van der Waals surface area contributed by atoms with Gasteiger partial charge < -0.3 is 5.11 Å². The van der Waals surface area contributed by atoms with E-state index in [0.717, 1.165) is 5.56 Å². The standard InChI is InChI=1S/C18H24N2O5S2/c1-3-20(4-2)27(24,25)18-11-9-17(10-12-18)26(22,23)19-16-7-5-15(6-8-16)13-14-21/h5-12,19,21H,3-4,13-14H2,1-2H3. The minimum atomic E-state index is -3.84. The molecule has 0 radical (unpaired) electrons. The molecule has 0 atom stereocenters. The van der Waals surface area contributed by atoms with Crippen molar-refractivity contribution in [3.05, 3.63) is 54.1 Å². The number of aliphatic hydroxyl groups is 1. The molecule has 0 amide bonds. The molecule has 2 aromatic rings. The molecule has 0 aliphatic rings. The summed E-state index contributed by atoms with van der Waals surface area (Å²) in [6, 6.07) is 11.8. The van der Waals surface area contributed by atoms with Crippen LogP contribution in [0.1, 0.15) is 19.4 Å². The van der Waals surface area contributed by atoms with E-state index in [0.29, 0.717) is 25.2 Å². The second-order valence-corrected chi connectivity index (χ2v) is 9.46. The van der Waals surface area contributed by atoms with E-state index in [4.69, 9.17) is 5.11 Å². The lowest BCUT2D eigenvalue weighted by molar-refractivity contribution is 0.299. The molecule has 0 aliphatic carbocycles.